The first-order valence-corrected chi connectivity index (χ1v) is 13.7. The Morgan fingerprint density at radius 1 is 0.833 bits per heavy atom. The quantitative estimate of drug-likeness (QED) is 0.385. The molecule has 3 heteroatoms. The predicted octanol–water partition coefficient (Wildman–Crippen LogP) is 8.80. The summed E-state index contributed by atoms with van der Waals surface area (Å²) in [6.07, 6.45) is 15.5. The molecule has 0 aliphatic carbocycles. The molecular formula is C27H23BrS2. The van der Waals surface area contributed by atoms with E-state index >= 15 is 0 Å². The summed E-state index contributed by atoms with van der Waals surface area (Å²) in [5.41, 5.74) is 5.12. The van der Waals surface area contributed by atoms with Crippen molar-refractivity contribution in [2.75, 3.05) is 0 Å². The smallest absolute Gasteiger partial charge is 0.0201 e. The van der Waals surface area contributed by atoms with Crippen LogP contribution in [0.4, 0.5) is 0 Å². The maximum absolute atomic E-state index is 3.97. The number of hydrogen-bond donors (Lipinski definition) is 0. The Balaban J connectivity index is 1.61. The molecule has 0 saturated heterocycles. The van der Waals surface area contributed by atoms with Gasteiger partial charge in [0.2, 0.25) is 0 Å². The molecule has 2 aliphatic rings. The summed E-state index contributed by atoms with van der Waals surface area (Å²) < 4.78 is 0. The molecule has 150 valence electrons. The predicted molar refractivity (Wildman–Crippen MR) is 142 cm³/mol. The summed E-state index contributed by atoms with van der Waals surface area (Å²) in [6.45, 7) is 4.42. The summed E-state index contributed by atoms with van der Waals surface area (Å²) >= 11 is 5.81. The molecule has 2 aromatic rings. The highest BCUT2D eigenvalue weighted by atomic mass is 79.9. The molecule has 0 fully saturated rings. The Labute approximate surface area is 193 Å². The third-order valence-electron chi connectivity index (χ3n) is 4.92. The van der Waals surface area contributed by atoms with Gasteiger partial charge in [-0.25, -0.2) is 0 Å². The Morgan fingerprint density at radius 2 is 1.47 bits per heavy atom. The Kier molecular flexibility index (Phi) is 6.93. The van der Waals surface area contributed by atoms with E-state index in [9.17, 15) is 0 Å². The van der Waals surface area contributed by atoms with Crippen LogP contribution in [0.1, 0.15) is 25.0 Å². The van der Waals surface area contributed by atoms with Crippen LogP contribution in [0, 0.1) is 0 Å². The van der Waals surface area contributed by atoms with E-state index < -0.39 is 0 Å². The number of hydrogen-bond acceptors (Lipinski definition) is 1. The lowest BCUT2D eigenvalue weighted by molar-refractivity contribution is 1.41. The van der Waals surface area contributed by atoms with Gasteiger partial charge in [-0.05, 0) is 75.2 Å². The summed E-state index contributed by atoms with van der Waals surface area (Å²) in [6, 6.07) is 21.2. The molecule has 0 radical (unpaired) electrons. The summed E-state index contributed by atoms with van der Waals surface area (Å²) in [7, 11) is -0.129. The van der Waals surface area contributed by atoms with Gasteiger partial charge in [0, 0.05) is 19.6 Å². The minimum Gasteiger partial charge on any atom is -0.0892 e. The lowest BCUT2D eigenvalue weighted by atomic mass is 10.1. The summed E-state index contributed by atoms with van der Waals surface area (Å²) in [4.78, 5) is 5.25. The van der Waals surface area contributed by atoms with Crippen molar-refractivity contribution in [1.29, 1.82) is 0 Å². The zero-order valence-electron chi connectivity index (χ0n) is 17.0. The highest BCUT2D eigenvalue weighted by molar-refractivity contribution is 9.53. The largest absolute Gasteiger partial charge is 0.0892 e. The number of rotatable bonds is 4. The molecule has 0 amide bonds. The SMILES string of the molecule is C/C(=C\C(C)=C1/C=CC=C(c2ccccc2)S1)C1=CC=CC(c2ccccc2)=S1Br. The summed E-state index contributed by atoms with van der Waals surface area (Å²) in [5, 5.41) is 0. The normalized spacial score (nSPS) is 20.7. The van der Waals surface area contributed by atoms with Gasteiger partial charge in [-0.15, -0.1) is 0 Å². The zero-order valence-corrected chi connectivity index (χ0v) is 20.2. The molecule has 4 rings (SSSR count). The highest BCUT2D eigenvalue weighted by Crippen LogP contribution is 2.44. The van der Waals surface area contributed by atoms with Crippen molar-refractivity contribution in [1.82, 2.24) is 0 Å². The Hall–Kier alpha value is -2.07. The van der Waals surface area contributed by atoms with Crippen LogP contribution in [0.3, 0.4) is 0 Å². The number of halogens is 1. The van der Waals surface area contributed by atoms with Gasteiger partial charge >= 0.3 is 0 Å². The second kappa shape index (κ2) is 9.82. The zero-order chi connectivity index (χ0) is 20.9. The first-order valence-electron chi connectivity index (χ1n) is 9.86. The van der Waals surface area contributed by atoms with E-state index in [0.29, 0.717) is 0 Å². The minimum absolute atomic E-state index is 0.129. The number of benzene rings is 2. The Morgan fingerprint density at radius 3 is 2.17 bits per heavy atom. The van der Waals surface area contributed by atoms with Gasteiger partial charge in [-0.3, -0.25) is 0 Å². The topological polar surface area (TPSA) is 0 Å². The van der Waals surface area contributed by atoms with Crippen LogP contribution in [-0.4, -0.2) is 4.86 Å². The van der Waals surface area contributed by atoms with Crippen LogP contribution < -0.4 is 0 Å². The fourth-order valence-corrected chi connectivity index (χ4v) is 7.68. The molecular weight excluding hydrogens is 468 g/mol. The minimum atomic E-state index is -0.129. The summed E-state index contributed by atoms with van der Waals surface area (Å²) in [5.74, 6) is 0. The van der Waals surface area contributed by atoms with Crippen molar-refractivity contribution in [3.63, 3.8) is 0 Å². The van der Waals surface area contributed by atoms with Crippen LogP contribution in [0.15, 0.2) is 124 Å². The average molecular weight is 492 g/mol. The van der Waals surface area contributed by atoms with Crippen molar-refractivity contribution < 1.29 is 0 Å². The first-order chi connectivity index (χ1) is 14.6. The molecule has 30 heavy (non-hydrogen) atoms. The fraction of sp³-hybridized carbons (Fsp3) is 0.0741. The second-order valence-corrected chi connectivity index (χ2v) is 11.5. The molecule has 2 heterocycles. The fourth-order valence-electron chi connectivity index (χ4n) is 3.38. The van der Waals surface area contributed by atoms with Crippen LogP contribution in [0.25, 0.3) is 4.91 Å². The molecule has 0 saturated carbocycles. The average Bonchev–Trinajstić information content (AvgIpc) is 2.80. The van der Waals surface area contributed by atoms with Gasteiger partial charge in [0.25, 0.3) is 0 Å². The molecule has 2 aliphatic heterocycles. The number of allylic oxidation sites excluding steroid dienone is 9. The lowest BCUT2D eigenvalue weighted by Crippen LogP contribution is -2.00. The van der Waals surface area contributed by atoms with Crippen molar-refractivity contribution in [2.24, 2.45) is 0 Å². The molecule has 1 atom stereocenters. The van der Waals surface area contributed by atoms with Crippen LogP contribution >= 0.6 is 35.5 Å². The van der Waals surface area contributed by atoms with Crippen LogP contribution in [0.5, 0.6) is 0 Å². The third-order valence-corrected chi connectivity index (χ3v) is 9.89. The van der Waals surface area contributed by atoms with Crippen molar-refractivity contribution >= 4 is 45.3 Å². The molecule has 0 aromatic heterocycles. The first kappa shape index (κ1) is 21.2. The van der Waals surface area contributed by atoms with E-state index in [1.807, 2.05) is 11.8 Å². The molecule has 0 N–H and O–H groups in total. The number of thioether (sulfide) groups is 1. The Bertz CT molecular complexity index is 1160. The molecule has 0 bridgehead atoms. The van der Waals surface area contributed by atoms with Gasteiger partial charge in [0.15, 0.2) is 0 Å². The van der Waals surface area contributed by atoms with E-state index in [1.165, 1.54) is 41.9 Å². The van der Waals surface area contributed by atoms with Gasteiger partial charge in [-0.1, -0.05) is 99.6 Å². The third kappa shape index (κ3) is 4.80. The molecule has 0 nitrogen and oxygen atoms in total. The maximum atomic E-state index is 3.97. The van der Waals surface area contributed by atoms with Gasteiger partial charge in [0.1, 0.15) is 0 Å². The second-order valence-electron chi connectivity index (χ2n) is 7.11. The highest BCUT2D eigenvalue weighted by Gasteiger charge is 2.14. The molecule has 0 spiro atoms. The van der Waals surface area contributed by atoms with Gasteiger partial charge in [0.05, 0.1) is 0 Å². The van der Waals surface area contributed by atoms with Crippen molar-refractivity contribution in [3.8, 4) is 0 Å². The van der Waals surface area contributed by atoms with Crippen molar-refractivity contribution in [3.05, 3.63) is 135 Å². The van der Waals surface area contributed by atoms with E-state index in [-0.39, 0.29) is 8.92 Å². The standard InChI is InChI=1S/C27H23BrS2/c1-20(24-15-9-16-25(29-24)22-11-5-3-6-12-22)19-21(2)26-17-10-18-27(30(26)28)23-13-7-4-8-14-23/h3-19H,1-2H3/b21-19+,24-20+. The van der Waals surface area contributed by atoms with Crippen LogP contribution in [-0.2, 0) is 0 Å². The van der Waals surface area contributed by atoms with E-state index in [4.69, 9.17) is 0 Å². The lowest BCUT2D eigenvalue weighted by Gasteiger charge is -2.17. The van der Waals surface area contributed by atoms with Crippen LogP contribution in [0.2, 0.25) is 0 Å². The molecule has 1 unspecified atom stereocenters. The molecule has 2 aromatic carbocycles. The van der Waals surface area contributed by atoms with Gasteiger partial charge < -0.3 is 0 Å². The maximum Gasteiger partial charge on any atom is 0.0201 e. The van der Waals surface area contributed by atoms with E-state index in [2.05, 4.69) is 132 Å². The van der Waals surface area contributed by atoms with E-state index in [1.54, 1.807) is 0 Å². The van der Waals surface area contributed by atoms with Gasteiger partial charge in [-0.2, -0.15) is 0 Å². The van der Waals surface area contributed by atoms with E-state index in [0.717, 1.165) is 0 Å². The monoisotopic (exact) mass is 490 g/mol. The van der Waals surface area contributed by atoms with Crippen molar-refractivity contribution in [2.45, 2.75) is 13.8 Å².